The number of hydrogen-bond donors (Lipinski definition) is 3. The minimum absolute atomic E-state index is 0.0498. The topological polar surface area (TPSA) is 111 Å². The van der Waals surface area contributed by atoms with Crippen molar-refractivity contribution in [2.75, 3.05) is 23.3 Å². The minimum Gasteiger partial charge on any atom is -0.356 e. The Bertz CT molecular complexity index is 1290. The van der Waals surface area contributed by atoms with Crippen molar-refractivity contribution in [1.82, 2.24) is 35.3 Å². The summed E-state index contributed by atoms with van der Waals surface area (Å²) in [6.45, 7) is 1.78. The second-order valence-electron chi connectivity index (χ2n) is 8.54. The SMILES string of the molecule is FC(F)(F)c1ccccc1CNc1nccc(-c2ncc(N3CC4C(C3)C4c3cn[nH]n3)[nH]2)n1. The summed E-state index contributed by atoms with van der Waals surface area (Å²) in [6.07, 6.45) is 0.705. The molecule has 12 heteroatoms. The van der Waals surface area contributed by atoms with Crippen LogP contribution >= 0.6 is 0 Å². The maximum absolute atomic E-state index is 13.2. The van der Waals surface area contributed by atoms with Crippen LogP contribution in [0.4, 0.5) is 24.9 Å². The molecule has 0 spiro atoms. The number of alkyl halides is 3. The Kier molecular flexibility index (Phi) is 4.74. The maximum Gasteiger partial charge on any atom is 0.416 e. The number of benzene rings is 1. The van der Waals surface area contributed by atoms with E-state index in [4.69, 9.17) is 0 Å². The molecule has 3 aromatic heterocycles. The summed E-state index contributed by atoms with van der Waals surface area (Å²) < 4.78 is 39.7. The average Bonchev–Trinajstić information content (AvgIpc) is 3.37. The molecule has 2 fully saturated rings. The van der Waals surface area contributed by atoms with Crippen LogP contribution in [-0.4, -0.2) is 48.4 Å². The molecule has 2 aliphatic rings. The van der Waals surface area contributed by atoms with Gasteiger partial charge in [-0.25, -0.2) is 15.0 Å². The molecule has 0 amide bonds. The van der Waals surface area contributed by atoms with Gasteiger partial charge in [0.05, 0.1) is 23.7 Å². The maximum atomic E-state index is 13.2. The van der Waals surface area contributed by atoms with Crippen LogP contribution in [-0.2, 0) is 12.7 Å². The van der Waals surface area contributed by atoms with E-state index in [0.29, 0.717) is 29.3 Å². The molecule has 1 saturated carbocycles. The van der Waals surface area contributed by atoms with Gasteiger partial charge in [0.25, 0.3) is 0 Å². The van der Waals surface area contributed by atoms with Gasteiger partial charge in [-0.3, -0.25) is 0 Å². The molecule has 1 saturated heterocycles. The third-order valence-electron chi connectivity index (χ3n) is 6.53. The standard InChI is InChI=1S/C22H20F3N9/c23-22(24,25)15-4-2-1-3-12(15)7-28-21-26-6-5-16(30-21)20-27-9-18(31-20)34-10-13-14(11-34)19(13)17-8-29-33-32-17/h1-6,8-9,13-14,19H,7,10-11H2,(H,27,31)(H,26,28,30)(H,29,32,33). The monoisotopic (exact) mass is 467 g/mol. The summed E-state index contributed by atoms with van der Waals surface area (Å²) in [6, 6.07) is 7.15. The van der Waals surface area contributed by atoms with Crippen LogP contribution < -0.4 is 10.2 Å². The number of nitrogens with one attached hydrogen (secondary N) is 3. The first-order valence-electron chi connectivity index (χ1n) is 10.9. The van der Waals surface area contributed by atoms with Crippen molar-refractivity contribution in [2.45, 2.75) is 18.6 Å². The van der Waals surface area contributed by atoms with Crippen molar-refractivity contribution in [1.29, 1.82) is 0 Å². The number of rotatable bonds is 6. The summed E-state index contributed by atoms with van der Waals surface area (Å²) in [5.74, 6) is 3.30. The number of fused-ring (bicyclic) bond motifs is 1. The third kappa shape index (κ3) is 3.74. The van der Waals surface area contributed by atoms with Crippen LogP contribution in [0.1, 0.15) is 22.7 Å². The molecule has 9 nitrogen and oxygen atoms in total. The number of nitrogens with zero attached hydrogens (tertiary/aromatic N) is 6. The van der Waals surface area contributed by atoms with Crippen LogP contribution in [0.5, 0.6) is 0 Å². The number of imidazole rings is 1. The van der Waals surface area contributed by atoms with Gasteiger partial charge in [0, 0.05) is 31.7 Å². The van der Waals surface area contributed by atoms with E-state index in [1.807, 2.05) is 0 Å². The molecule has 2 atom stereocenters. The zero-order chi connectivity index (χ0) is 23.3. The first-order valence-corrected chi connectivity index (χ1v) is 10.9. The second kappa shape index (κ2) is 7.82. The molecule has 1 aromatic carbocycles. The number of piperidine rings is 1. The Labute approximate surface area is 191 Å². The lowest BCUT2D eigenvalue weighted by molar-refractivity contribution is -0.138. The van der Waals surface area contributed by atoms with E-state index in [1.54, 1.807) is 30.7 Å². The highest BCUT2D eigenvalue weighted by Crippen LogP contribution is 2.57. The smallest absolute Gasteiger partial charge is 0.356 e. The molecular formula is C22H20F3N9. The fourth-order valence-electron chi connectivity index (χ4n) is 4.84. The number of hydrogen-bond acceptors (Lipinski definition) is 7. The number of aromatic amines is 2. The normalized spacial score (nSPS) is 21.5. The summed E-state index contributed by atoms with van der Waals surface area (Å²) in [7, 11) is 0. The van der Waals surface area contributed by atoms with Crippen LogP contribution in [0.3, 0.4) is 0 Å². The van der Waals surface area contributed by atoms with Crippen molar-refractivity contribution < 1.29 is 13.2 Å². The van der Waals surface area contributed by atoms with Gasteiger partial charge in [-0.15, -0.1) is 0 Å². The third-order valence-corrected chi connectivity index (χ3v) is 6.53. The van der Waals surface area contributed by atoms with Gasteiger partial charge in [0.2, 0.25) is 5.95 Å². The number of aromatic nitrogens is 7. The molecule has 4 heterocycles. The number of H-pyrrole nitrogens is 2. The molecule has 2 unspecified atom stereocenters. The number of anilines is 2. The van der Waals surface area contributed by atoms with Crippen molar-refractivity contribution in [3.05, 3.63) is 65.7 Å². The van der Waals surface area contributed by atoms with Gasteiger partial charge < -0.3 is 15.2 Å². The van der Waals surface area contributed by atoms with Crippen LogP contribution in [0.15, 0.2) is 48.9 Å². The van der Waals surface area contributed by atoms with Crippen LogP contribution in [0, 0.1) is 11.8 Å². The fraction of sp³-hybridized carbons (Fsp3) is 0.318. The van der Waals surface area contributed by atoms with Gasteiger partial charge >= 0.3 is 6.18 Å². The molecule has 4 aromatic rings. The lowest BCUT2D eigenvalue weighted by Crippen LogP contribution is -2.23. The number of halogens is 3. The van der Waals surface area contributed by atoms with E-state index < -0.39 is 11.7 Å². The minimum atomic E-state index is -4.42. The van der Waals surface area contributed by atoms with E-state index in [0.717, 1.165) is 30.7 Å². The molecular weight excluding hydrogens is 447 g/mol. The average molecular weight is 467 g/mol. The Morgan fingerprint density at radius 1 is 1.06 bits per heavy atom. The molecule has 0 bridgehead atoms. The summed E-state index contributed by atoms with van der Waals surface area (Å²) in [4.78, 5) is 18.6. The molecule has 6 rings (SSSR count). The lowest BCUT2D eigenvalue weighted by atomic mass is 10.1. The Balaban J connectivity index is 1.12. The lowest BCUT2D eigenvalue weighted by Gasteiger charge is -2.19. The molecule has 174 valence electrons. The van der Waals surface area contributed by atoms with Crippen LogP contribution in [0.25, 0.3) is 11.5 Å². The summed E-state index contributed by atoms with van der Waals surface area (Å²) in [5, 5.41) is 13.7. The largest absolute Gasteiger partial charge is 0.416 e. The Morgan fingerprint density at radius 3 is 2.65 bits per heavy atom. The highest BCUT2D eigenvalue weighted by molar-refractivity contribution is 5.56. The molecule has 1 aliphatic heterocycles. The van der Waals surface area contributed by atoms with E-state index >= 15 is 0 Å². The van der Waals surface area contributed by atoms with E-state index in [2.05, 4.69) is 45.6 Å². The highest BCUT2D eigenvalue weighted by Gasteiger charge is 2.57. The first-order chi connectivity index (χ1) is 16.5. The summed E-state index contributed by atoms with van der Waals surface area (Å²) in [5.41, 5.74) is 1.03. The molecule has 0 radical (unpaired) electrons. The van der Waals surface area contributed by atoms with Gasteiger partial charge in [0.15, 0.2) is 5.82 Å². The zero-order valence-electron chi connectivity index (χ0n) is 17.8. The van der Waals surface area contributed by atoms with Gasteiger partial charge in [0.1, 0.15) is 11.5 Å². The zero-order valence-corrected chi connectivity index (χ0v) is 17.8. The van der Waals surface area contributed by atoms with Gasteiger partial charge in [-0.2, -0.15) is 28.6 Å². The van der Waals surface area contributed by atoms with Crippen molar-refractivity contribution in [3.63, 3.8) is 0 Å². The second-order valence-corrected chi connectivity index (χ2v) is 8.54. The van der Waals surface area contributed by atoms with E-state index in [-0.39, 0.29) is 18.1 Å². The van der Waals surface area contributed by atoms with Crippen molar-refractivity contribution in [3.8, 4) is 11.5 Å². The Morgan fingerprint density at radius 2 is 1.88 bits per heavy atom. The summed E-state index contributed by atoms with van der Waals surface area (Å²) >= 11 is 0. The quantitative estimate of drug-likeness (QED) is 0.398. The van der Waals surface area contributed by atoms with Crippen LogP contribution in [0.2, 0.25) is 0 Å². The molecule has 3 N–H and O–H groups in total. The molecule has 1 aliphatic carbocycles. The van der Waals surface area contributed by atoms with E-state index in [1.165, 1.54) is 12.1 Å². The predicted octanol–water partition coefficient (Wildman–Crippen LogP) is 3.47. The molecule has 34 heavy (non-hydrogen) atoms. The Hall–Kier alpha value is -3.96. The highest BCUT2D eigenvalue weighted by atomic mass is 19.4. The van der Waals surface area contributed by atoms with Crippen molar-refractivity contribution >= 4 is 11.8 Å². The predicted molar refractivity (Wildman–Crippen MR) is 117 cm³/mol. The van der Waals surface area contributed by atoms with E-state index in [9.17, 15) is 13.2 Å². The van der Waals surface area contributed by atoms with Crippen molar-refractivity contribution in [2.24, 2.45) is 11.8 Å². The first kappa shape index (κ1) is 20.6. The van der Waals surface area contributed by atoms with Gasteiger partial charge in [-0.1, -0.05) is 18.2 Å². The fourth-order valence-corrected chi connectivity index (χ4v) is 4.84. The van der Waals surface area contributed by atoms with Gasteiger partial charge in [-0.05, 0) is 29.5 Å².